The van der Waals surface area contributed by atoms with Gasteiger partial charge in [-0.15, -0.1) is 0 Å². The fourth-order valence-electron chi connectivity index (χ4n) is 2.63. The van der Waals surface area contributed by atoms with Crippen LogP contribution in [0.1, 0.15) is 17.3 Å². The van der Waals surface area contributed by atoms with E-state index in [-0.39, 0.29) is 17.2 Å². The predicted molar refractivity (Wildman–Crippen MR) is 121 cm³/mol. The van der Waals surface area contributed by atoms with Crippen molar-refractivity contribution in [2.45, 2.75) is 11.8 Å². The Labute approximate surface area is 187 Å². The third kappa shape index (κ3) is 6.28. The van der Waals surface area contributed by atoms with E-state index in [4.69, 9.17) is 4.74 Å². The lowest BCUT2D eigenvalue weighted by Crippen LogP contribution is -2.37. The van der Waals surface area contributed by atoms with Gasteiger partial charge in [-0.3, -0.25) is 9.10 Å². The van der Waals surface area contributed by atoms with Gasteiger partial charge in [-0.05, 0) is 55.5 Å². The molecule has 1 N–H and O–H groups in total. The molecule has 0 atom stereocenters. The lowest BCUT2D eigenvalue weighted by atomic mass is 10.2. The molecule has 0 bridgehead atoms. The van der Waals surface area contributed by atoms with Crippen molar-refractivity contribution in [1.82, 2.24) is 4.31 Å². The second kappa shape index (κ2) is 10.1. The Bertz CT molecular complexity index is 1170. The van der Waals surface area contributed by atoms with Crippen LogP contribution in [-0.4, -0.2) is 66.5 Å². The van der Waals surface area contributed by atoms with Gasteiger partial charge in [0.1, 0.15) is 6.54 Å². The Morgan fingerprint density at radius 3 is 1.97 bits per heavy atom. The quantitative estimate of drug-likeness (QED) is 0.535. The van der Waals surface area contributed by atoms with Gasteiger partial charge < -0.3 is 10.1 Å². The molecule has 0 heterocycles. The number of carbonyl (C=O) groups excluding carboxylic acids is 2. The molecule has 0 aliphatic carbocycles. The van der Waals surface area contributed by atoms with Gasteiger partial charge in [0.15, 0.2) is 0 Å². The smallest absolute Gasteiger partial charge is 0.338 e. The molecule has 0 spiro atoms. The summed E-state index contributed by atoms with van der Waals surface area (Å²) < 4.78 is 55.7. The summed E-state index contributed by atoms with van der Waals surface area (Å²) in [4.78, 5) is 24.2. The molecule has 2 aromatic rings. The summed E-state index contributed by atoms with van der Waals surface area (Å²) >= 11 is 0. The third-order valence-corrected chi connectivity index (χ3v) is 7.24. The van der Waals surface area contributed by atoms with Crippen molar-refractivity contribution in [3.63, 3.8) is 0 Å². The molecule has 0 saturated heterocycles. The van der Waals surface area contributed by atoms with Gasteiger partial charge in [-0.2, -0.15) is 0 Å². The first kappa shape index (κ1) is 25.3. The molecule has 0 unspecified atom stereocenters. The maximum Gasteiger partial charge on any atom is 0.338 e. The molecule has 0 aliphatic rings. The Morgan fingerprint density at radius 1 is 0.938 bits per heavy atom. The standard InChI is InChI=1S/C20H25N3O7S2/c1-5-30-20(25)15-6-8-16(9-7-15)21-19(24)14-23(31(4,26)27)17-10-12-18(13-11-17)32(28,29)22(2)3/h6-13H,5,14H2,1-4H3,(H,21,24). The molecule has 174 valence electrons. The van der Waals surface area contributed by atoms with Crippen LogP contribution in [0.2, 0.25) is 0 Å². The molecule has 32 heavy (non-hydrogen) atoms. The van der Waals surface area contributed by atoms with Crippen molar-refractivity contribution in [1.29, 1.82) is 0 Å². The minimum atomic E-state index is -3.84. The van der Waals surface area contributed by atoms with Crippen molar-refractivity contribution < 1.29 is 31.2 Å². The van der Waals surface area contributed by atoms with Gasteiger partial charge in [-0.25, -0.2) is 25.9 Å². The molecule has 0 aliphatic heterocycles. The van der Waals surface area contributed by atoms with Crippen molar-refractivity contribution in [3.05, 3.63) is 54.1 Å². The molecular weight excluding hydrogens is 458 g/mol. The molecule has 1 amide bonds. The van der Waals surface area contributed by atoms with Crippen LogP contribution in [-0.2, 0) is 29.6 Å². The Morgan fingerprint density at radius 2 is 1.50 bits per heavy atom. The molecule has 12 heteroatoms. The predicted octanol–water partition coefficient (Wildman–Crippen LogP) is 1.52. The fourth-order valence-corrected chi connectivity index (χ4v) is 4.39. The van der Waals surface area contributed by atoms with E-state index in [1.807, 2.05) is 0 Å². The molecule has 2 rings (SSSR count). The van der Waals surface area contributed by atoms with Crippen molar-refractivity contribution in [2.75, 3.05) is 43.1 Å². The van der Waals surface area contributed by atoms with Crippen LogP contribution in [0.4, 0.5) is 11.4 Å². The van der Waals surface area contributed by atoms with Crippen LogP contribution >= 0.6 is 0 Å². The molecule has 0 radical (unpaired) electrons. The van der Waals surface area contributed by atoms with E-state index in [2.05, 4.69) is 5.32 Å². The summed E-state index contributed by atoms with van der Waals surface area (Å²) in [6, 6.07) is 11.1. The Balaban J connectivity index is 2.18. The number of anilines is 2. The lowest BCUT2D eigenvalue weighted by Gasteiger charge is -2.22. The number of benzene rings is 2. The first-order valence-electron chi connectivity index (χ1n) is 9.43. The monoisotopic (exact) mass is 483 g/mol. The average Bonchev–Trinajstić information content (AvgIpc) is 2.72. The largest absolute Gasteiger partial charge is 0.462 e. The fraction of sp³-hybridized carbons (Fsp3) is 0.300. The number of carbonyl (C=O) groups is 2. The summed E-state index contributed by atoms with van der Waals surface area (Å²) in [5.74, 6) is -1.11. The summed E-state index contributed by atoms with van der Waals surface area (Å²) in [5, 5.41) is 2.56. The van der Waals surface area contributed by atoms with E-state index >= 15 is 0 Å². The first-order chi connectivity index (χ1) is 14.9. The molecular formula is C20H25N3O7S2. The zero-order valence-corrected chi connectivity index (χ0v) is 19.7. The SMILES string of the molecule is CCOC(=O)c1ccc(NC(=O)CN(c2ccc(S(=O)(=O)N(C)C)cc2)S(C)(=O)=O)cc1. The highest BCUT2D eigenvalue weighted by molar-refractivity contribution is 7.92. The average molecular weight is 484 g/mol. The van der Waals surface area contributed by atoms with E-state index in [0.717, 1.165) is 14.9 Å². The highest BCUT2D eigenvalue weighted by Crippen LogP contribution is 2.22. The van der Waals surface area contributed by atoms with Gasteiger partial charge in [0.05, 0.1) is 29.0 Å². The number of amides is 1. The van der Waals surface area contributed by atoms with E-state index in [0.29, 0.717) is 11.3 Å². The van der Waals surface area contributed by atoms with Gasteiger partial charge in [0.25, 0.3) is 0 Å². The van der Waals surface area contributed by atoms with Crippen LogP contribution in [0.3, 0.4) is 0 Å². The van der Waals surface area contributed by atoms with E-state index in [9.17, 15) is 26.4 Å². The summed E-state index contributed by atoms with van der Waals surface area (Å²) in [6.45, 7) is 1.40. The normalized spacial score (nSPS) is 11.8. The third-order valence-electron chi connectivity index (χ3n) is 4.27. The van der Waals surface area contributed by atoms with Gasteiger partial charge in [-0.1, -0.05) is 0 Å². The Hall–Kier alpha value is -2.96. The second-order valence-electron chi connectivity index (χ2n) is 6.90. The number of hydrogen-bond acceptors (Lipinski definition) is 7. The number of esters is 1. The highest BCUT2D eigenvalue weighted by Gasteiger charge is 2.23. The number of sulfonamides is 2. The van der Waals surface area contributed by atoms with Crippen LogP contribution < -0.4 is 9.62 Å². The number of rotatable bonds is 9. The summed E-state index contributed by atoms with van der Waals surface area (Å²) in [7, 11) is -4.75. The molecule has 10 nitrogen and oxygen atoms in total. The first-order valence-corrected chi connectivity index (χ1v) is 12.7. The van der Waals surface area contributed by atoms with Crippen molar-refractivity contribution in [2.24, 2.45) is 0 Å². The van der Waals surface area contributed by atoms with E-state index < -0.39 is 38.5 Å². The molecule has 0 fully saturated rings. The second-order valence-corrected chi connectivity index (χ2v) is 11.0. The Kier molecular flexibility index (Phi) is 7.99. The topological polar surface area (TPSA) is 130 Å². The number of ether oxygens (including phenoxy) is 1. The maximum absolute atomic E-state index is 12.5. The van der Waals surface area contributed by atoms with Crippen LogP contribution in [0, 0.1) is 0 Å². The van der Waals surface area contributed by atoms with E-state index in [1.165, 1.54) is 62.6 Å². The zero-order chi connectivity index (χ0) is 24.1. The minimum Gasteiger partial charge on any atom is -0.462 e. The maximum atomic E-state index is 12.5. The van der Waals surface area contributed by atoms with Gasteiger partial charge in [0.2, 0.25) is 26.0 Å². The van der Waals surface area contributed by atoms with Crippen molar-refractivity contribution in [3.8, 4) is 0 Å². The van der Waals surface area contributed by atoms with E-state index in [1.54, 1.807) is 6.92 Å². The van der Waals surface area contributed by atoms with Crippen LogP contribution in [0.25, 0.3) is 0 Å². The minimum absolute atomic E-state index is 0.00848. The number of nitrogens with one attached hydrogen (secondary N) is 1. The number of nitrogens with zero attached hydrogens (tertiary/aromatic N) is 2. The van der Waals surface area contributed by atoms with Gasteiger partial charge in [0, 0.05) is 19.8 Å². The van der Waals surface area contributed by atoms with Gasteiger partial charge >= 0.3 is 5.97 Å². The molecule has 0 saturated carbocycles. The summed E-state index contributed by atoms with van der Waals surface area (Å²) in [6.07, 6.45) is 0.943. The number of hydrogen-bond donors (Lipinski definition) is 1. The molecule has 2 aromatic carbocycles. The van der Waals surface area contributed by atoms with Crippen LogP contribution in [0.5, 0.6) is 0 Å². The lowest BCUT2D eigenvalue weighted by molar-refractivity contribution is -0.114. The van der Waals surface area contributed by atoms with Crippen molar-refractivity contribution >= 4 is 43.3 Å². The zero-order valence-electron chi connectivity index (χ0n) is 18.1. The summed E-state index contributed by atoms with van der Waals surface area (Å²) in [5.41, 5.74) is 0.817. The molecule has 0 aromatic heterocycles. The highest BCUT2D eigenvalue weighted by atomic mass is 32.2. The van der Waals surface area contributed by atoms with Crippen LogP contribution in [0.15, 0.2) is 53.4 Å².